The number of nitrogens with zero attached hydrogens (tertiary/aromatic N) is 2. The quantitative estimate of drug-likeness (QED) is 0.409. The third-order valence-corrected chi connectivity index (χ3v) is 6.28. The molecule has 10 heteroatoms. The Morgan fingerprint density at radius 1 is 1.12 bits per heavy atom. The van der Waals surface area contributed by atoms with Gasteiger partial charge in [-0.2, -0.15) is 0 Å². The fourth-order valence-corrected chi connectivity index (χ4v) is 4.82. The van der Waals surface area contributed by atoms with E-state index in [0.717, 1.165) is 6.26 Å². The monoisotopic (exact) mass is 485 g/mol. The normalized spacial score (nSPS) is 12.6. The Morgan fingerprint density at radius 3 is 2.59 bits per heavy atom. The van der Waals surface area contributed by atoms with Crippen LogP contribution in [0.15, 0.2) is 59.5 Å². The molecule has 8 nitrogen and oxygen atoms in total. The van der Waals surface area contributed by atoms with Gasteiger partial charge in [-0.15, -0.1) is 0 Å². The number of aromatic amines is 1. The molecular weight excluding hydrogens is 461 g/mol. The first-order valence-electron chi connectivity index (χ1n) is 10.5. The highest BCUT2D eigenvalue weighted by Gasteiger charge is 2.25. The van der Waals surface area contributed by atoms with Crippen LogP contribution in [0.3, 0.4) is 0 Å². The summed E-state index contributed by atoms with van der Waals surface area (Å²) < 4.78 is 50.6. The Hall–Kier alpha value is -3.66. The summed E-state index contributed by atoms with van der Waals surface area (Å²) >= 11 is 0. The minimum atomic E-state index is -3.49. The second-order valence-corrected chi connectivity index (χ2v) is 10.0. The van der Waals surface area contributed by atoms with Crippen LogP contribution in [0.4, 0.5) is 4.39 Å². The Kier molecular flexibility index (Phi) is 6.43. The van der Waals surface area contributed by atoms with Crippen molar-refractivity contribution in [2.75, 3.05) is 25.7 Å². The van der Waals surface area contributed by atoms with Gasteiger partial charge in [0.2, 0.25) is 0 Å². The van der Waals surface area contributed by atoms with Gasteiger partial charge in [-0.25, -0.2) is 22.6 Å². The number of imidazole rings is 1. The smallest absolute Gasteiger partial charge is 0.328 e. The number of hydrogen-bond acceptors (Lipinski definition) is 6. The number of H-pyrrole nitrogens is 1. The van der Waals surface area contributed by atoms with Gasteiger partial charge in [0.1, 0.15) is 15.7 Å². The summed E-state index contributed by atoms with van der Waals surface area (Å²) in [4.78, 5) is 20.2. The molecule has 0 bridgehead atoms. The molecule has 0 amide bonds. The summed E-state index contributed by atoms with van der Waals surface area (Å²) in [6.07, 6.45) is 2.64. The van der Waals surface area contributed by atoms with Crippen molar-refractivity contribution in [2.45, 2.75) is 13.0 Å². The molecule has 2 heterocycles. The Labute approximate surface area is 195 Å². The maximum atomic E-state index is 13.7. The van der Waals surface area contributed by atoms with E-state index >= 15 is 0 Å². The molecule has 2 aromatic heterocycles. The van der Waals surface area contributed by atoms with Gasteiger partial charge >= 0.3 is 5.69 Å². The van der Waals surface area contributed by atoms with Crippen LogP contribution in [-0.4, -0.2) is 48.7 Å². The number of nitrogens with one attached hydrogen (secondary N) is 1. The molecule has 0 saturated heterocycles. The van der Waals surface area contributed by atoms with E-state index in [9.17, 15) is 17.6 Å². The topological polar surface area (TPSA) is 103 Å². The van der Waals surface area contributed by atoms with Crippen molar-refractivity contribution in [3.8, 4) is 22.6 Å². The molecule has 4 aromatic rings. The van der Waals surface area contributed by atoms with Gasteiger partial charge in [0, 0.05) is 18.0 Å². The molecule has 178 valence electrons. The summed E-state index contributed by atoms with van der Waals surface area (Å²) in [5, 5.41) is 0. The van der Waals surface area contributed by atoms with Crippen molar-refractivity contribution in [3.63, 3.8) is 0 Å². The number of hydrogen-bond donors (Lipinski definition) is 1. The van der Waals surface area contributed by atoms with Crippen LogP contribution < -0.4 is 15.2 Å². The highest BCUT2D eigenvalue weighted by molar-refractivity contribution is 7.90. The fourth-order valence-electron chi connectivity index (χ4n) is 3.90. The van der Waals surface area contributed by atoms with Crippen LogP contribution in [0, 0.1) is 5.82 Å². The lowest BCUT2D eigenvalue weighted by molar-refractivity contribution is 0.310. The molecular formula is C24H24FN3O5S. The summed E-state index contributed by atoms with van der Waals surface area (Å²) in [5.41, 5.74) is 1.95. The third-order valence-electron chi connectivity index (χ3n) is 5.36. The number of fused-ring (bicyclic) bond motifs is 1. The molecule has 0 radical (unpaired) electrons. The van der Waals surface area contributed by atoms with Gasteiger partial charge in [0.05, 0.1) is 31.0 Å². The van der Waals surface area contributed by atoms with Gasteiger partial charge in [-0.05, 0) is 48.4 Å². The number of ether oxygens (including phenoxy) is 2. The van der Waals surface area contributed by atoms with Crippen LogP contribution in [0.1, 0.15) is 18.5 Å². The summed E-state index contributed by atoms with van der Waals surface area (Å²) in [5.74, 6) is 0.218. The average Bonchev–Trinajstić information content (AvgIpc) is 3.12. The number of methoxy groups -OCH3 is 1. The van der Waals surface area contributed by atoms with E-state index in [2.05, 4.69) is 9.97 Å². The van der Waals surface area contributed by atoms with Gasteiger partial charge in [-0.3, -0.25) is 4.57 Å². The predicted octanol–water partition coefficient (Wildman–Crippen LogP) is 3.57. The highest BCUT2D eigenvalue weighted by atomic mass is 32.2. The van der Waals surface area contributed by atoms with Crippen LogP contribution in [0.5, 0.6) is 11.5 Å². The van der Waals surface area contributed by atoms with Gasteiger partial charge in [0.15, 0.2) is 17.1 Å². The maximum absolute atomic E-state index is 13.7. The first-order valence-corrected chi connectivity index (χ1v) is 12.6. The summed E-state index contributed by atoms with van der Waals surface area (Å²) in [6, 6.07) is 11.9. The van der Waals surface area contributed by atoms with Gasteiger partial charge < -0.3 is 14.5 Å². The Balaban J connectivity index is 1.88. The molecule has 0 spiro atoms. The van der Waals surface area contributed by atoms with E-state index in [1.54, 1.807) is 36.4 Å². The zero-order valence-electron chi connectivity index (χ0n) is 18.9. The average molecular weight is 486 g/mol. The first kappa shape index (κ1) is 23.5. The van der Waals surface area contributed by atoms with Crippen molar-refractivity contribution in [3.05, 3.63) is 76.6 Å². The van der Waals surface area contributed by atoms with Gasteiger partial charge in [0.25, 0.3) is 0 Å². The van der Waals surface area contributed by atoms with Crippen molar-refractivity contribution >= 4 is 21.0 Å². The number of aromatic nitrogens is 3. The standard InChI is InChI=1S/C24H24FN3O5S/c1-4-33-22-12-16(8-9-21(22)32-2)20(14-34(3,30)31)28-23-19(27-24(28)29)11-17(13-26-23)15-6-5-7-18(25)10-15/h5-13,20H,4,14H2,1-3H3,(H,27,29)/t20-/m0/s1. The predicted molar refractivity (Wildman–Crippen MR) is 128 cm³/mol. The number of sulfone groups is 1. The lowest BCUT2D eigenvalue weighted by atomic mass is 10.1. The van der Waals surface area contributed by atoms with E-state index in [1.807, 2.05) is 6.92 Å². The molecule has 0 aliphatic carbocycles. The van der Waals surface area contributed by atoms with E-state index in [4.69, 9.17) is 9.47 Å². The van der Waals surface area contributed by atoms with Crippen LogP contribution in [-0.2, 0) is 9.84 Å². The lowest BCUT2D eigenvalue weighted by Gasteiger charge is -2.20. The largest absolute Gasteiger partial charge is 0.493 e. The zero-order chi connectivity index (χ0) is 24.5. The zero-order valence-corrected chi connectivity index (χ0v) is 19.7. The highest BCUT2D eigenvalue weighted by Crippen LogP contribution is 2.33. The van der Waals surface area contributed by atoms with Crippen LogP contribution in [0.25, 0.3) is 22.3 Å². The minimum absolute atomic E-state index is 0.285. The molecule has 0 aliphatic heterocycles. The molecule has 0 unspecified atom stereocenters. The number of benzene rings is 2. The molecule has 1 N–H and O–H groups in total. The SMILES string of the molecule is CCOc1cc([C@H](CS(C)(=O)=O)n2c(=O)[nH]c3cc(-c4cccc(F)c4)cnc32)ccc1OC. The summed E-state index contributed by atoms with van der Waals surface area (Å²) in [6.45, 7) is 2.21. The molecule has 4 rings (SSSR count). The molecule has 1 atom stereocenters. The van der Waals surface area contributed by atoms with E-state index in [-0.39, 0.29) is 17.2 Å². The summed E-state index contributed by atoms with van der Waals surface area (Å²) in [7, 11) is -1.99. The van der Waals surface area contributed by atoms with E-state index in [1.165, 1.54) is 30.0 Å². The minimum Gasteiger partial charge on any atom is -0.493 e. The van der Waals surface area contributed by atoms with Crippen LogP contribution in [0.2, 0.25) is 0 Å². The van der Waals surface area contributed by atoms with Crippen molar-refractivity contribution in [1.82, 2.24) is 14.5 Å². The second-order valence-electron chi connectivity index (χ2n) is 7.86. The molecule has 2 aromatic carbocycles. The number of halogens is 1. The molecule has 34 heavy (non-hydrogen) atoms. The van der Waals surface area contributed by atoms with Gasteiger partial charge in [-0.1, -0.05) is 18.2 Å². The first-order chi connectivity index (χ1) is 16.2. The van der Waals surface area contributed by atoms with Crippen molar-refractivity contribution in [1.29, 1.82) is 0 Å². The third kappa shape index (κ3) is 4.81. The molecule has 0 fully saturated rings. The van der Waals surface area contributed by atoms with Crippen LogP contribution >= 0.6 is 0 Å². The Bertz CT molecular complexity index is 1510. The van der Waals surface area contributed by atoms with E-state index in [0.29, 0.717) is 40.3 Å². The number of rotatable bonds is 8. The van der Waals surface area contributed by atoms with Crippen molar-refractivity contribution in [2.24, 2.45) is 0 Å². The van der Waals surface area contributed by atoms with E-state index < -0.39 is 21.6 Å². The number of pyridine rings is 1. The fraction of sp³-hybridized carbons (Fsp3) is 0.250. The van der Waals surface area contributed by atoms with Crippen molar-refractivity contribution < 1.29 is 22.3 Å². The second kappa shape index (κ2) is 9.30. The molecule has 0 aliphatic rings. The molecule has 0 saturated carbocycles. The lowest BCUT2D eigenvalue weighted by Crippen LogP contribution is -2.28. The maximum Gasteiger partial charge on any atom is 0.328 e. The Morgan fingerprint density at radius 2 is 1.91 bits per heavy atom.